The van der Waals surface area contributed by atoms with Gasteiger partial charge in [-0.3, -0.25) is 0 Å². The van der Waals surface area contributed by atoms with Gasteiger partial charge in [0, 0.05) is 0 Å². The number of fused-ring (bicyclic) bond motifs is 3. The maximum Gasteiger partial charge on any atom is 0.0863 e. The van der Waals surface area contributed by atoms with E-state index in [0.29, 0.717) is 0 Å². The van der Waals surface area contributed by atoms with Crippen LogP contribution in [0.5, 0.6) is 0 Å². The quantitative estimate of drug-likeness (QED) is 0.202. The first kappa shape index (κ1) is 27.5. The molecule has 7 aromatic rings. The molecule has 47 heavy (non-hydrogen) atoms. The molecule has 0 aliphatic heterocycles. The Labute approximate surface area is 276 Å². The van der Waals surface area contributed by atoms with Gasteiger partial charge in [-0.2, -0.15) is 0 Å². The summed E-state index contributed by atoms with van der Waals surface area (Å²) in [4.78, 5) is 0. The molecule has 0 saturated carbocycles. The molecule has 0 spiro atoms. The lowest BCUT2D eigenvalue weighted by Crippen LogP contribution is -2.28. The SMILES string of the molecule is NC1(c2ccc(-c3cccc(-c4ccc5c(c4)-c4ccccc4C5(c4ccccc4)c4ccccc4)c3)cc2)C=C1c1ccccc1. The van der Waals surface area contributed by atoms with E-state index in [1.807, 2.05) is 6.07 Å². The Morgan fingerprint density at radius 1 is 0.340 bits per heavy atom. The maximum atomic E-state index is 6.81. The highest BCUT2D eigenvalue weighted by molar-refractivity contribution is 5.91. The molecule has 1 heteroatoms. The Hall–Kier alpha value is -5.76. The topological polar surface area (TPSA) is 26.0 Å². The molecule has 2 N–H and O–H groups in total. The average molecular weight is 600 g/mol. The third kappa shape index (κ3) is 4.28. The lowest BCUT2D eigenvalue weighted by Gasteiger charge is -2.33. The molecular weight excluding hydrogens is 567 g/mol. The first-order valence-corrected chi connectivity index (χ1v) is 16.3. The summed E-state index contributed by atoms with van der Waals surface area (Å²) < 4.78 is 0. The molecule has 0 bridgehead atoms. The normalized spacial score (nSPS) is 17.0. The minimum Gasteiger partial charge on any atom is -0.314 e. The van der Waals surface area contributed by atoms with Crippen molar-refractivity contribution in [2.45, 2.75) is 11.0 Å². The summed E-state index contributed by atoms with van der Waals surface area (Å²) in [5, 5.41) is 0. The van der Waals surface area contributed by atoms with E-state index in [2.05, 4.69) is 182 Å². The van der Waals surface area contributed by atoms with E-state index in [1.54, 1.807) is 0 Å². The lowest BCUT2D eigenvalue weighted by atomic mass is 9.67. The van der Waals surface area contributed by atoms with Crippen molar-refractivity contribution in [3.8, 4) is 33.4 Å². The summed E-state index contributed by atoms with van der Waals surface area (Å²) in [5.41, 5.74) is 22.0. The van der Waals surface area contributed by atoms with Gasteiger partial charge >= 0.3 is 0 Å². The van der Waals surface area contributed by atoms with Crippen molar-refractivity contribution < 1.29 is 0 Å². The highest BCUT2D eigenvalue weighted by Crippen LogP contribution is 2.56. The number of rotatable bonds is 6. The highest BCUT2D eigenvalue weighted by Gasteiger charge is 2.46. The van der Waals surface area contributed by atoms with Gasteiger partial charge in [-0.15, -0.1) is 0 Å². The molecule has 2 aliphatic carbocycles. The predicted molar refractivity (Wildman–Crippen MR) is 195 cm³/mol. The standard InChI is InChI=1S/C46H33N/c47-45(31-44(45)33-13-4-1-5-14-33)37-26-23-32(24-27-37)34-15-12-16-35(29-34)36-25-28-43-41(30-36)40-21-10-11-22-42(40)46(43,38-17-6-2-7-18-38)39-19-8-3-9-20-39/h1-31H,47H2. The fraction of sp³-hybridized carbons (Fsp3) is 0.0435. The van der Waals surface area contributed by atoms with Gasteiger partial charge in [0.25, 0.3) is 0 Å². The van der Waals surface area contributed by atoms with Gasteiger partial charge in [-0.1, -0.05) is 170 Å². The molecule has 1 atom stereocenters. The Morgan fingerprint density at radius 2 is 0.851 bits per heavy atom. The van der Waals surface area contributed by atoms with Crippen molar-refractivity contribution in [2.24, 2.45) is 5.73 Å². The van der Waals surface area contributed by atoms with Crippen LogP contribution in [-0.2, 0) is 11.0 Å². The third-order valence-corrected chi connectivity index (χ3v) is 10.2. The Balaban J connectivity index is 1.10. The molecule has 2 aliphatic rings. The summed E-state index contributed by atoms with van der Waals surface area (Å²) in [6.07, 6.45) is 2.16. The van der Waals surface area contributed by atoms with Gasteiger partial charge in [0.15, 0.2) is 0 Å². The molecule has 7 aromatic carbocycles. The average Bonchev–Trinajstić information content (AvgIpc) is 3.77. The lowest BCUT2D eigenvalue weighted by molar-refractivity contribution is 0.768. The Kier molecular flexibility index (Phi) is 6.25. The number of nitrogens with two attached hydrogens (primary N) is 1. The second kappa shape index (κ2) is 10.7. The maximum absolute atomic E-state index is 6.81. The number of hydrogen-bond acceptors (Lipinski definition) is 1. The van der Waals surface area contributed by atoms with E-state index in [1.165, 1.54) is 66.8 Å². The number of hydrogen-bond donors (Lipinski definition) is 1. The van der Waals surface area contributed by atoms with Gasteiger partial charge < -0.3 is 5.73 Å². The molecular formula is C46H33N. The van der Waals surface area contributed by atoms with Gasteiger partial charge in [0.05, 0.1) is 11.0 Å². The van der Waals surface area contributed by atoms with Crippen molar-refractivity contribution in [3.63, 3.8) is 0 Å². The van der Waals surface area contributed by atoms with E-state index in [-0.39, 0.29) is 5.41 Å². The minimum atomic E-state index is -0.489. The van der Waals surface area contributed by atoms with Crippen molar-refractivity contribution in [1.82, 2.24) is 0 Å². The monoisotopic (exact) mass is 599 g/mol. The molecule has 1 unspecified atom stereocenters. The molecule has 0 radical (unpaired) electrons. The van der Waals surface area contributed by atoms with Crippen molar-refractivity contribution in [3.05, 3.63) is 221 Å². The van der Waals surface area contributed by atoms with Crippen molar-refractivity contribution in [1.29, 1.82) is 0 Å². The van der Waals surface area contributed by atoms with Crippen LogP contribution >= 0.6 is 0 Å². The molecule has 222 valence electrons. The van der Waals surface area contributed by atoms with E-state index in [9.17, 15) is 0 Å². The summed E-state index contributed by atoms with van der Waals surface area (Å²) in [7, 11) is 0. The van der Waals surface area contributed by atoms with Crippen LogP contribution in [0.25, 0.3) is 39.0 Å². The molecule has 0 heterocycles. The Morgan fingerprint density at radius 3 is 1.53 bits per heavy atom. The largest absolute Gasteiger partial charge is 0.314 e. The smallest absolute Gasteiger partial charge is 0.0863 e. The van der Waals surface area contributed by atoms with Gasteiger partial charge in [0.1, 0.15) is 0 Å². The molecule has 9 rings (SSSR count). The van der Waals surface area contributed by atoms with E-state index < -0.39 is 5.54 Å². The van der Waals surface area contributed by atoms with Gasteiger partial charge in [-0.25, -0.2) is 0 Å². The van der Waals surface area contributed by atoms with Crippen LogP contribution < -0.4 is 5.73 Å². The van der Waals surface area contributed by atoms with Crippen LogP contribution in [0.2, 0.25) is 0 Å². The van der Waals surface area contributed by atoms with Gasteiger partial charge in [0.2, 0.25) is 0 Å². The van der Waals surface area contributed by atoms with Crippen LogP contribution in [0.15, 0.2) is 188 Å². The first-order valence-electron chi connectivity index (χ1n) is 16.3. The van der Waals surface area contributed by atoms with Crippen LogP contribution in [-0.4, -0.2) is 0 Å². The summed E-state index contributed by atoms with van der Waals surface area (Å²) in [5.74, 6) is 0. The second-order valence-electron chi connectivity index (χ2n) is 12.7. The fourth-order valence-electron chi connectivity index (χ4n) is 7.82. The zero-order chi connectivity index (χ0) is 31.4. The molecule has 0 saturated heterocycles. The fourth-order valence-corrected chi connectivity index (χ4v) is 7.82. The molecule has 0 fully saturated rings. The summed E-state index contributed by atoms with van der Waals surface area (Å²) >= 11 is 0. The van der Waals surface area contributed by atoms with E-state index in [4.69, 9.17) is 5.73 Å². The highest BCUT2D eigenvalue weighted by atomic mass is 14.8. The zero-order valence-electron chi connectivity index (χ0n) is 26.0. The predicted octanol–water partition coefficient (Wildman–Crippen LogP) is 10.6. The van der Waals surface area contributed by atoms with Gasteiger partial charge in [-0.05, 0) is 90.5 Å². The van der Waals surface area contributed by atoms with Crippen molar-refractivity contribution in [2.75, 3.05) is 0 Å². The molecule has 0 aromatic heterocycles. The van der Waals surface area contributed by atoms with E-state index in [0.717, 1.165) is 5.56 Å². The van der Waals surface area contributed by atoms with Crippen LogP contribution in [0.3, 0.4) is 0 Å². The zero-order valence-corrected chi connectivity index (χ0v) is 26.0. The summed E-state index contributed by atoms with van der Waals surface area (Å²) in [6.45, 7) is 0. The minimum absolute atomic E-state index is 0.381. The van der Waals surface area contributed by atoms with Crippen LogP contribution in [0.1, 0.15) is 33.4 Å². The van der Waals surface area contributed by atoms with Crippen LogP contribution in [0, 0.1) is 0 Å². The third-order valence-electron chi connectivity index (χ3n) is 10.2. The van der Waals surface area contributed by atoms with Crippen LogP contribution in [0.4, 0.5) is 0 Å². The van der Waals surface area contributed by atoms with Crippen molar-refractivity contribution >= 4 is 5.57 Å². The second-order valence-corrected chi connectivity index (χ2v) is 12.7. The molecule has 0 amide bonds. The van der Waals surface area contributed by atoms with E-state index >= 15 is 0 Å². The summed E-state index contributed by atoms with van der Waals surface area (Å²) in [6, 6.07) is 66.0. The number of benzene rings is 7. The molecule has 1 nitrogen and oxygen atoms in total. The first-order chi connectivity index (χ1) is 23.2. The Bertz CT molecular complexity index is 2240.